The number of carbonyl (C=O) groups excluding carboxylic acids is 1. The summed E-state index contributed by atoms with van der Waals surface area (Å²) >= 11 is 0. The van der Waals surface area contributed by atoms with Crippen LogP contribution in [-0.2, 0) is 14.3 Å². The van der Waals surface area contributed by atoms with Gasteiger partial charge in [-0.2, -0.15) is 0 Å². The van der Waals surface area contributed by atoms with Gasteiger partial charge in [0.05, 0.1) is 24.4 Å². The first-order valence-electron chi connectivity index (χ1n) is 13.3. The number of aliphatic hydroxyl groups is 3. The second-order valence-electron chi connectivity index (χ2n) is 12.7. The van der Waals surface area contributed by atoms with Crippen LogP contribution >= 0.6 is 0 Å². The number of esters is 1. The van der Waals surface area contributed by atoms with Crippen LogP contribution in [0.2, 0.25) is 0 Å². The van der Waals surface area contributed by atoms with Gasteiger partial charge in [0.15, 0.2) is 0 Å². The van der Waals surface area contributed by atoms with Gasteiger partial charge >= 0.3 is 5.97 Å². The van der Waals surface area contributed by atoms with Crippen LogP contribution < -0.4 is 0 Å². The van der Waals surface area contributed by atoms with Crippen LogP contribution in [0.15, 0.2) is 23.3 Å². The molecule has 0 unspecified atom stereocenters. The van der Waals surface area contributed by atoms with Gasteiger partial charge < -0.3 is 24.8 Å². The number of fused-ring (bicyclic) bond motifs is 4. The fraction of sp³-hybridized carbons (Fsp3) is 0.821. The van der Waals surface area contributed by atoms with Crippen molar-refractivity contribution in [2.24, 2.45) is 40.4 Å². The van der Waals surface area contributed by atoms with E-state index >= 15 is 0 Å². The van der Waals surface area contributed by atoms with Crippen molar-refractivity contribution in [3.8, 4) is 0 Å². The molecule has 4 aliphatic carbocycles. The Morgan fingerprint density at radius 3 is 2.56 bits per heavy atom. The van der Waals surface area contributed by atoms with E-state index in [0.29, 0.717) is 35.7 Å². The van der Waals surface area contributed by atoms with E-state index in [4.69, 9.17) is 9.47 Å². The van der Waals surface area contributed by atoms with Crippen molar-refractivity contribution in [3.05, 3.63) is 23.3 Å². The molecule has 34 heavy (non-hydrogen) atoms. The minimum absolute atomic E-state index is 0.0242. The van der Waals surface area contributed by atoms with Crippen molar-refractivity contribution in [2.75, 3.05) is 6.61 Å². The number of rotatable bonds is 3. The summed E-state index contributed by atoms with van der Waals surface area (Å²) in [7, 11) is 0. The van der Waals surface area contributed by atoms with Crippen LogP contribution in [0.1, 0.15) is 66.2 Å². The van der Waals surface area contributed by atoms with E-state index in [9.17, 15) is 20.1 Å². The van der Waals surface area contributed by atoms with Gasteiger partial charge in [0, 0.05) is 11.8 Å². The third-order valence-corrected chi connectivity index (χ3v) is 11.8. The summed E-state index contributed by atoms with van der Waals surface area (Å²) in [5.41, 5.74) is 0.471. The Balaban J connectivity index is 1.27. The summed E-state index contributed by atoms with van der Waals surface area (Å²) in [6.45, 7) is 8.56. The maximum absolute atomic E-state index is 12.5. The summed E-state index contributed by atoms with van der Waals surface area (Å²) in [5.74, 6) is 1.74. The molecule has 0 aromatic heterocycles. The zero-order chi connectivity index (χ0) is 24.2. The molecule has 2 aliphatic heterocycles. The Morgan fingerprint density at radius 1 is 1.12 bits per heavy atom. The highest BCUT2D eigenvalue weighted by atomic mass is 16.6. The normalized spacial score (nSPS) is 54.5. The quantitative estimate of drug-likeness (QED) is 0.332. The second kappa shape index (κ2) is 7.41. The number of carbonyl (C=O) groups is 1. The standard InChI is InChI=1S/C28H40O6/c1-14-11-21(33-25(32)17(14)13-29)15(2)18-5-6-19-16-12-24-28(34-24)23(31)8-7-22(30)27(28,4)20(16)9-10-26(18,19)3/h7-8,15-16,18-24,29-31H,5-6,9-13H2,1-4H3/t15-,16-,18+,19-,20-,21+,22+,23-,24+,26+,27-,28+/m0/s1. The predicted octanol–water partition coefficient (Wildman–Crippen LogP) is 3.14. The molecule has 3 saturated carbocycles. The third-order valence-electron chi connectivity index (χ3n) is 11.8. The Morgan fingerprint density at radius 2 is 1.85 bits per heavy atom. The lowest BCUT2D eigenvalue weighted by Crippen LogP contribution is -2.64. The molecular weight excluding hydrogens is 432 g/mol. The third kappa shape index (κ3) is 2.69. The molecule has 6 nitrogen and oxygen atoms in total. The highest BCUT2D eigenvalue weighted by molar-refractivity contribution is 5.90. The van der Waals surface area contributed by atoms with E-state index in [1.165, 1.54) is 0 Å². The highest BCUT2D eigenvalue weighted by Crippen LogP contribution is 2.73. The fourth-order valence-corrected chi connectivity index (χ4v) is 9.88. The zero-order valence-corrected chi connectivity index (χ0v) is 20.9. The van der Waals surface area contributed by atoms with Crippen LogP contribution in [-0.4, -0.2) is 57.9 Å². The van der Waals surface area contributed by atoms with Crippen LogP contribution in [0.5, 0.6) is 0 Å². The molecule has 3 N–H and O–H groups in total. The van der Waals surface area contributed by atoms with E-state index < -0.39 is 23.2 Å². The van der Waals surface area contributed by atoms with Crippen LogP contribution in [0.25, 0.3) is 0 Å². The monoisotopic (exact) mass is 472 g/mol. The van der Waals surface area contributed by atoms with Crippen molar-refractivity contribution < 1.29 is 29.6 Å². The predicted molar refractivity (Wildman–Crippen MR) is 125 cm³/mol. The number of aliphatic hydroxyl groups excluding tert-OH is 3. The lowest BCUT2D eigenvalue weighted by Gasteiger charge is -2.60. The summed E-state index contributed by atoms with van der Waals surface area (Å²) in [4.78, 5) is 12.5. The molecular formula is C28H40O6. The summed E-state index contributed by atoms with van der Waals surface area (Å²) in [6.07, 6.45) is 8.28. The maximum Gasteiger partial charge on any atom is 0.336 e. The molecule has 12 atom stereocenters. The van der Waals surface area contributed by atoms with E-state index in [1.807, 2.05) is 6.92 Å². The minimum Gasteiger partial charge on any atom is -0.458 e. The van der Waals surface area contributed by atoms with Crippen LogP contribution in [0.3, 0.4) is 0 Å². The molecule has 6 aliphatic rings. The van der Waals surface area contributed by atoms with Gasteiger partial charge in [0.25, 0.3) is 0 Å². The molecule has 6 heteroatoms. The van der Waals surface area contributed by atoms with Gasteiger partial charge in [-0.05, 0) is 74.0 Å². The van der Waals surface area contributed by atoms with Crippen molar-refractivity contribution >= 4 is 5.97 Å². The van der Waals surface area contributed by atoms with Crippen molar-refractivity contribution in [1.29, 1.82) is 0 Å². The van der Waals surface area contributed by atoms with Gasteiger partial charge in [0.1, 0.15) is 17.8 Å². The van der Waals surface area contributed by atoms with E-state index in [0.717, 1.165) is 37.7 Å². The SMILES string of the molecule is CC1=C(CO)C(=O)O[C@@H]([C@@H](C)[C@H]2CC[C@H]3[C@@H]4C[C@H]5O[C@]56[C@@H](O)C=C[C@@H](O)[C@]6(C)[C@H]4CC[C@]23C)C1. The molecule has 0 radical (unpaired) electrons. The molecule has 0 bridgehead atoms. The molecule has 1 saturated heterocycles. The Kier molecular flexibility index (Phi) is 5.05. The topological polar surface area (TPSA) is 99.5 Å². The van der Waals surface area contributed by atoms with Crippen LogP contribution in [0, 0.1) is 40.4 Å². The van der Waals surface area contributed by atoms with E-state index in [1.54, 1.807) is 12.2 Å². The van der Waals surface area contributed by atoms with Crippen molar-refractivity contribution in [3.63, 3.8) is 0 Å². The summed E-state index contributed by atoms with van der Waals surface area (Å²) in [5, 5.41) is 31.6. The van der Waals surface area contributed by atoms with Gasteiger partial charge in [-0.25, -0.2) is 4.79 Å². The molecule has 0 aromatic carbocycles. The Labute approximate surface area is 202 Å². The number of hydrogen-bond donors (Lipinski definition) is 3. The highest BCUT2D eigenvalue weighted by Gasteiger charge is 2.79. The van der Waals surface area contributed by atoms with E-state index in [2.05, 4.69) is 20.8 Å². The van der Waals surface area contributed by atoms with Crippen molar-refractivity contribution in [1.82, 2.24) is 0 Å². The average Bonchev–Trinajstić information content (AvgIpc) is 3.43. The first-order valence-corrected chi connectivity index (χ1v) is 13.3. The molecule has 1 spiro atoms. The lowest BCUT2D eigenvalue weighted by atomic mass is 9.44. The number of cyclic esters (lactones) is 1. The summed E-state index contributed by atoms with van der Waals surface area (Å²) < 4.78 is 12.2. The molecule has 0 amide bonds. The zero-order valence-electron chi connectivity index (χ0n) is 20.9. The lowest BCUT2D eigenvalue weighted by molar-refractivity contribution is -0.158. The first-order chi connectivity index (χ1) is 16.1. The van der Waals surface area contributed by atoms with Gasteiger partial charge in [-0.1, -0.05) is 38.5 Å². The van der Waals surface area contributed by atoms with Crippen molar-refractivity contribution in [2.45, 2.75) is 96.2 Å². The smallest absolute Gasteiger partial charge is 0.336 e. The van der Waals surface area contributed by atoms with Gasteiger partial charge in [0.2, 0.25) is 0 Å². The number of hydrogen-bond acceptors (Lipinski definition) is 6. The van der Waals surface area contributed by atoms with Crippen LogP contribution in [0.4, 0.5) is 0 Å². The molecule has 0 aromatic rings. The number of ether oxygens (including phenoxy) is 2. The minimum atomic E-state index is -0.641. The molecule has 4 fully saturated rings. The second-order valence-corrected chi connectivity index (χ2v) is 12.7. The first kappa shape index (κ1) is 23.2. The Hall–Kier alpha value is -1.21. The van der Waals surface area contributed by atoms with Gasteiger partial charge in [-0.15, -0.1) is 0 Å². The maximum atomic E-state index is 12.5. The fourth-order valence-electron chi connectivity index (χ4n) is 9.88. The number of epoxide rings is 1. The van der Waals surface area contributed by atoms with E-state index in [-0.39, 0.29) is 36.1 Å². The Bertz CT molecular complexity index is 957. The summed E-state index contributed by atoms with van der Waals surface area (Å²) in [6, 6.07) is 0. The molecule has 6 rings (SSSR count). The molecule has 2 heterocycles. The average molecular weight is 473 g/mol. The molecule has 188 valence electrons. The largest absolute Gasteiger partial charge is 0.458 e. The van der Waals surface area contributed by atoms with Gasteiger partial charge in [-0.3, -0.25) is 0 Å².